The minimum Gasteiger partial charge on any atom is -0.360 e. The highest BCUT2D eigenvalue weighted by Crippen LogP contribution is 2.54. The van der Waals surface area contributed by atoms with E-state index in [0.29, 0.717) is 0 Å². The lowest BCUT2D eigenvalue weighted by Gasteiger charge is -2.22. The molecule has 6 rings (SSSR count). The van der Waals surface area contributed by atoms with Gasteiger partial charge in [-0.1, -0.05) is 97.1 Å². The molecule has 1 heteroatoms. The summed E-state index contributed by atoms with van der Waals surface area (Å²) in [6.45, 7) is 0. The Kier molecular flexibility index (Phi) is 3.14. The Morgan fingerprint density at radius 2 is 1.15 bits per heavy atom. The molecule has 4 aromatic carbocycles. The molecule has 1 aliphatic carbocycles. The van der Waals surface area contributed by atoms with Gasteiger partial charge in [0.1, 0.15) is 12.2 Å². The first-order chi connectivity index (χ1) is 13.4. The van der Waals surface area contributed by atoms with Gasteiger partial charge in [-0.15, -0.1) is 0 Å². The summed E-state index contributed by atoms with van der Waals surface area (Å²) in [7, 11) is 0. The highest BCUT2D eigenvalue weighted by molar-refractivity contribution is 6.10. The van der Waals surface area contributed by atoms with Crippen molar-refractivity contribution in [2.24, 2.45) is 0 Å². The third kappa shape index (κ3) is 2.22. The third-order valence-electron chi connectivity index (χ3n) is 5.68. The van der Waals surface area contributed by atoms with Crippen molar-refractivity contribution in [1.29, 1.82) is 0 Å². The second-order valence-electron chi connectivity index (χ2n) is 7.24. The Bertz CT molecular complexity index is 1190. The number of ether oxygens (including phenoxy) is 1. The van der Waals surface area contributed by atoms with Crippen LogP contribution in [0, 0.1) is 0 Å². The molecule has 1 aliphatic heterocycles. The topological polar surface area (TPSA) is 12.5 Å². The monoisotopic (exact) mass is 346 g/mol. The highest BCUT2D eigenvalue weighted by atomic mass is 16.6. The predicted octanol–water partition coefficient (Wildman–Crippen LogP) is 6.64. The van der Waals surface area contributed by atoms with Crippen molar-refractivity contribution in [3.8, 4) is 22.3 Å². The van der Waals surface area contributed by atoms with Crippen molar-refractivity contribution in [1.82, 2.24) is 0 Å². The van der Waals surface area contributed by atoms with Gasteiger partial charge < -0.3 is 4.74 Å². The van der Waals surface area contributed by atoms with Crippen molar-refractivity contribution in [3.05, 3.63) is 102 Å². The molecule has 0 radical (unpaired) electrons. The van der Waals surface area contributed by atoms with E-state index < -0.39 is 0 Å². The molecule has 0 bridgehead atoms. The van der Waals surface area contributed by atoms with Crippen LogP contribution >= 0.6 is 0 Å². The van der Waals surface area contributed by atoms with Crippen LogP contribution in [0.3, 0.4) is 0 Å². The van der Waals surface area contributed by atoms with Crippen LogP contribution < -0.4 is 0 Å². The first-order valence-electron chi connectivity index (χ1n) is 9.45. The molecule has 4 aromatic rings. The van der Waals surface area contributed by atoms with Gasteiger partial charge in [-0.25, -0.2) is 0 Å². The van der Waals surface area contributed by atoms with Crippen LogP contribution in [0.2, 0.25) is 0 Å². The van der Waals surface area contributed by atoms with Crippen LogP contribution in [0.25, 0.3) is 39.1 Å². The minimum absolute atomic E-state index is 0.173. The maximum Gasteiger partial charge on any atom is 0.114 e. The Labute approximate surface area is 158 Å². The molecule has 128 valence electrons. The number of epoxide rings is 1. The van der Waals surface area contributed by atoms with Crippen molar-refractivity contribution in [3.63, 3.8) is 0 Å². The van der Waals surface area contributed by atoms with E-state index in [1.54, 1.807) is 0 Å². The lowest BCUT2D eigenvalue weighted by Crippen LogP contribution is -2.03. The molecule has 0 aromatic heterocycles. The third-order valence-corrected chi connectivity index (χ3v) is 5.68. The van der Waals surface area contributed by atoms with E-state index in [9.17, 15) is 0 Å². The normalized spacial score (nSPS) is 19.6. The average molecular weight is 346 g/mol. The van der Waals surface area contributed by atoms with E-state index in [2.05, 4.69) is 97.1 Å². The van der Waals surface area contributed by atoms with E-state index in [0.717, 1.165) is 0 Å². The van der Waals surface area contributed by atoms with Crippen molar-refractivity contribution in [2.75, 3.05) is 0 Å². The smallest absolute Gasteiger partial charge is 0.114 e. The second kappa shape index (κ2) is 5.67. The van der Waals surface area contributed by atoms with E-state index in [1.807, 2.05) is 0 Å². The van der Waals surface area contributed by atoms with Gasteiger partial charge in [0.05, 0.1) is 0 Å². The molecule has 2 unspecified atom stereocenters. The minimum atomic E-state index is 0.173. The summed E-state index contributed by atoms with van der Waals surface area (Å²) >= 11 is 0. The molecule has 2 aliphatic rings. The van der Waals surface area contributed by atoms with Crippen LogP contribution in [0.4, 0.5) is 0 Å². The van der Waals surface area contributed by atoms with Crippen LogP contribution in [0.1, 0.15) is 17.2 Å². The summed E-state index contributed by atoms with van der Waals surface area (Å²) in [6, 6.07) is 30.2. The largest absolute Gasteiger partial charge is 0.360 e. The molecule has 0 N–H and O–H groups in total. The molecule has 0 spiro atoms. The summed E-state index contributed by atoms with van der Waals surface area (Å²) in [5.74, 6) is 0. The van der Waals surface area contributed by atoms with Gasteiger partial charge in [0.15, 0.2) is 0 Å². The quantitative estimate of drug-likeness (QED) is 0.371. The fourth-order valence-electron chi connectivity index (χ4n) is 4.47. The molecule has 1 heterocycles. The van der Waals surface area contributed by atoms with Crippen molar-refractivity contribution >= 4 is 16.8 Å². The van der Waals surface area contributed by atoms with E-state index in [4.69, 9.17) is 4.74 Å². The molecule has 1 nitrogen and oxygen atoms in total. The number of benzene rings is 4. The van der Waals surface area contributed by atoms with Gasteiger partial charge in [0.25, 0.3) is 0 Å². The molecule has 1 fully saturated rings. The number of hydrogen-bond acceptors (Lipinski definition) is 1. The van der Waals surface area contributed by atoms with Gasteiger partial charge >= 0.3 is 0 Å². The van der Waals surface area contributed by atoms with Gasteiger partial charge in [-0.05, 0) is 38.6 Å². The molecular formula is C26H18O. The van der Waals surface area contributed by atoms with Gasteiger partial charge in [0.2, 0.25) is 0 Å². The first kappa shape index (κ1) is 15.0. The van der Waals surface area contributed by atoms with Crippen LogP contribution in [0.5, 0.6) is 0 Å². The Morgan fingerprint density at radius 1 is 0.593 bits per heavy atom. The maximum atomic E-state index is 6.02. The van der Waals surface area contributed by atoms with E-state index in [1.165, 1.54) is 44.2 Å². The lowest BCUT2D eigenvalue weighted by atomic mass is 9.80. The fraction of sp³-hybridized carbons (Fsp3) is 0.0769. The maximum absolute atomic E-state index is 6.02. The van der Waals surface area contributed by atoms with Crippen molar-refractivity contribution in [2.45, 2.75) is 12.2 Å². The van der Waals surface area contributed by atoms with Crippen molar-refractivity contribution < 1.29 is 4.74 Å². The SMILES string of the molecule is C1=CC2OC2c2c1c(-c1ccccc1)c1ccccc1c2-c1ccccc1. The summed E-state index contributed by atoms with van der Waals surface area (Å²) in [5.41, 5.74) is 7.79. The molecule has 2 atom stereocenters. The summed E-state index contributed by atoms with van der Waals surface area (Å²) in [5, 5.41) is 2.59. The van der Waals surface area contributed by atoms with Gasteiger partial charge in [-0.3, -0.25) is 0 Å². The Balaban J connectivity index is 1.80. The number of fused-ring (bicyclic) bond motifs is 4. The average Bonchev–Trinajstić information content (AvgIpc) is 3.53. The van der Waals surface area contributed by atoms with E-state index >= 15 is 0 Å². The van der Waals surface area contributed by atoms with Gasteiger partial charge in [-0.2, -0.15) is 0 Å². The zero-order valence-electron chi connectivity index (χ0n) is 14.8. The Hall–Kier alpha value is -3.16. The molecule has 0 amide bonds. The zero-order chi connectivity index (χ0) is 17.8. The summed E-state index contributed by atoms with van der Waals surface area (Å²) in [6.07, 6.45) is 4.88. The molecule has 1 saturated heterocycles. The van der Waals surface area contributed by atoms with Crippen LogP contribution in [0.15, 0.2) is 91.0 Å². The standard InChI is InChI=1S/C26H18O/c1-3-9-17(10-4-1)23-19-13-7-8-14-20(19)24(18-11-5-2-6-12-18)25-21(23)15-16-22-26(25)27-22/h1-16,22,26H. The van der Waals surface area contributed by atoms with Crippen LogP contribution in [-0.4, -0.2) is 6.10 Å². The summed E-state index contributed by atoms with van der Waals surface area (Å²) in [4.78, 5) is 0. The highest BCUT2D eigenvalue weighted by Gasteiger charge is 2.44. The van der Waals surface area contributed by atoms with Crippen LogP contribution in [-0.2, 0) is 4.74 Å². The lowest BCUT2D eigenvalue weighted by molar-refractivity contribution is 0.396. The second-order valence-corrected chi connectivity index (χ2v) is 7.24. The van der Waals surface area contributed by atoms with E-state index in [-0.39, 0.29) is 12.2 Å². The molecule has 0 saturated carbocycles. The predicted molar refractivity (Wildman–Crippen MR) is 111 cm³/mol. The number of rotatable bonds is 2. The first-order valence-corrected chi connectivity index (χ1v) is 9.45. The molecule has 27 heavy (non-hydrogen) atoms. The zero-order valence-corrected chi connectivity index (χ0v) is 14.8. The Morgan fingerprint density at radius 3 is 1.81 bits per heavy atom. The summed E-state index contributed by atoms with van der Waals surface area (Å²) < 4.78 is 6.02. The number of hydrogen-bond donors (Lipinski definition) is 0. The van der Waals surface area contributed by atoms with Gasteiger partial charge in [0, 0.05) is 5.56 Å². The molecular weight excluding hydrogens is 328 g/mol. The fourth-order valence-corrected chi connectivity index (χ4v) is 4.47.